The van der Waals surface area contributed by atoms with Gasteiger partial charge in [-0.3, -0.25) is 0 Å². The van der Waals surface area contributed by atoms with Gasteiger partial charge >= 0.3 is 0 Å². The van der Waals surface area contributed by atoms with Crippen molar-refractivity contribution in [3.05, 3.63) is 37.1 Å². The standard InChI is InChI=1S/C13H15BrClNO2S3/c1-9(2)16(8-10-4-3-5-19-10)21(17,18)12-6-11(7-15)20-13(12)14/h3-6,9H,7-8H2,1-2H3. The molecule has 21 heavy (non-hydrogen) atoms. The van der Waals surface area contributed by atoms with Crippen molar-refractivity contribution >= 4 is 60.2 Å². The van der Waals surface area contributed by atoms with Gasteiger partial charge in [0.2, 0.25) is 10.0 Å². The Balaban J connectivity index is 2.39. The first-order valence-corrected chi connectivity index (χ1v) is 10.7. The summed E-state index contributed by atoms with van der Waals surface area (Å²) in [4.78, 5) is 2.16. The van der Waals surface area contributed by atoms with Crippen molar-refractivity contribution in [2.24, 2.45) is 0 Å². The van der Waals surface area contributed by atoms with Gasteiger partial charge in [0.25, 0.3) is 0 Å². The van der Waals surface area contributed by atoms with Crippen LogP contribution in [0.25, 0.3) is 0 Å². The fourth-order valence-electron chi connectivity index (χ4n) is 1.87. The molecule has 0 N–H and O–H groups in total. The van der Waals surface area contributed by atoms with E-state index in [4.69, 9.17) is 11.6 Å². The minimum atomic E-state index is -3.55. The fourth-order valence-corrected chi connectivity index (χ4v) is 6.99. The summed E-state index contributed by atoms with van der Waals surface area (Å²) < 4.78 is 28.0. The van der Waals surface area contributed by atoms with Crippen LogP contribution in [0.3, 0.4) is 0 Å². The summed E-state index contributed by atoms with van der Waals surface area (Å²) in [7, 11) is -3.55. The van der Waals surface area contributed by atoms with E-state index in [1.54, 1.807) is 17.4 Å². The molecule has 0 bridgehead atoms. The first-order valence-electron chi connectivity index (χ1n) is 6.24. The smallest absolute Gasteiger partial charge is 0.207 e. The monoisotopic (exact) mass is 427 g/mol. The third kappa shape index (κ3) is 3.89. The van der Waals surface area contributed by atoms with Gasteiger partial charge in [-0.2, -0.15) is 4.31 Å². The van der Waals surface area contributed by atoms with Crippen LogP contribution in [0, 0.1) is 0 Å². The highest BCUT2D eigenvalue weighted by Gasteiger charge is 2.30. The molecule has 0 saturated heterocycles. The molecular weight excluding hydrogens is 414 g/mol. The largest absolute Gasteiger partial charge is 0.245 e. The van der Waals surface area contributed by atoms with Crippen LogP contribution in [0.4, 0.5) is 0 Å². The van der Waals surface area contributed by atoms with E-state index in [0.29, 0.717) is 21.1 Å². The minimum absolute atomic E-state index is 0.122. The van der Waals surface area contributed by atoms with Crippen LogP contribution in [0.1, 0.15) is 23.6 Å². The highest BCUT2D eigenvalue weighted by atomic mass is 79.9. The first kappa shape index (κ1) is 17.4. The number of hydrogen-bond donors (Lipinski definition) is 0. The van der Waals surface area contributed by atoms with E-state index in [9.17, 15) is 8.42 Å². The summed E-state index contributed by atoms with van der Waals surface area (Å²) in [5.74, 6) is 0.311. The molecule has 8 heteroatoms. The van der Waals surface area contributed by atoms with Gasteiger partial charge in [-0.05, 0) is 47.3 Å². The first-order chi connectivity index (χ1) is 9.86. The lowest BCUT2D eigenvalue weighted by molar-refractivity contribution is 0.350. The van der Waals surface area contributed by atoms with Gasteiger partial charge in [-0.1, -0.05) is 6.07 Å². The van der Waals surface area contributed by atoms with Crippen LogP contribution < -0.4 is 0 Å². The normalized spacial score (nSPS) is 12.5. The molecule has 0 unspecified atom stereocenters. The van der Waals surface area contributed by atoms with Crippen LogP contribution in [0.2, 0.25) is 0 Å². The van der Waals surface area contributed by atoms with Gasteiger partial charge in [-0.25, -0.2) is 8.42 Å². The van der Waals surface area contributed by atoms with E-state index < -0.39 is 10.0 Å². The molecule has 0 radical (unpaired) electrons. The number of thiophene rings is 2. The molecule has 0 fully saturated rings. The molecule has 0 atom stereocenters. The number of sulfonamides is 1. The molecule has 0 amide bonds. The minimum Gasteiger partial charge on any atom is -0.207 e. The zero-order valence-corrected chi connectivity index (χ0v) is 16.3. The Bertz CT molecular complexity index is 695. The molecule has 0 saturated carbocycles. The number of rotatable bonds is 6. The Morgan fingerprint density at radius 2 is 2.10 bits per heavy atom. The van der Waals surface area contributed by atoms with E-state index in [0.717, 1.165) is 9.75 Å². The summed E-state index contributed by atoms with van der Waals surface area (Å²) in [6.07, 6.45) is 0. The number of halogens is 2. The molecule has 0 spiro atoms. The van der Waals surface area contributed by atoms with Crippen molar-refractivity contribution in [3.63, 3.8) is 0 Å². The van der Waals surface area contributed by atoms with Gasteiger partial charge < -0.3 is 0 Å². The van der Waals surface area contributed by atoms with Crippen molar-refractivity contribution in [1.82, 2.24) is 4.31 Å². The summed E-state index contributed by atoms with van der Waals surface area (Å²) in [5.41, 5.74) is 0. The number of nitrogens with zero attached hydrogens (tertiary/aromatic N) is 1. The third-order valence-electron chi connectivity index (χ3n) is 2.89. The predicted molar refractivity (Wildman–Crippen MR) is 93.8 cm³/mol. The second-order valence-corrected chi connectivity index (χ2v) is 10.3. The zero-order chi connectivity index (χ0) is 15.6. The van der Waals surface area contributed by atoms with Gasteiger partial charge in [0.1, 0.15) is 4.90 Å². The van der Waals surface area contributed by atoms with Gasteiger partial charge in [0, 0.05) is 22.3 Å². The van der Waals surface area contributed by atoms with Crippen molar-refractivity contribution in [1.29, 1.82) is 0 Å². The molecule has 2 rings (SSSR count). The summed E-state index contributed by atoms with van der Waals surface area (Å²) >= 11 is 12.1. The van der Waals surface area contributed by atoms with Gasteiger partial charge in [-0.15, -0.1) is 34.3 Å². The van der Waals surface area contributed by atoms with E-state index in [1.807, 2.05) is 31.4 Å². The second kappa shape index (κ2) is 7.10. The lowest BCUT2D eigenvalue weighted by Gasteiger charge is -2.25. The van der Waals surface area contributed by atoms with Gasteiger partial charge in [0.15, 0.2) is 0 Å². The van der Waals surface area contributed by atoms with E-state index in [2.05, 4.69) is 15.9 Å². The highest BCUT2D eigenvalue weighted by molar-refractivity contribution is 9.11. The Kier molecular flexibility index (Phi) is 5.90. The van der Waals surface area contributed by atoms with Crippen molar-refractivity contribution < 1.29 is 8.42 Å². The molecule has 0 aliphatic heterocycles. The fraction of sp³-hybridized carbons (Fsp3) is 0.385. The number of alkyl halides is 1. The lowest BCUT2D eigenvalue weighted by atomic mass is 10.4. The lowest BCUT2D eigenvalue weighted by Crippen LogP contribution is -2.36. The molecule has 2 aromatic rings. The summed E-state index contributed by atoms with van der Waals surface area (Å²) in [5, 5.41) is 1.95. The second-order valence-electron chi connectivity index (χ2n) is 4.71. The molecule has 0 aromatic carbocycles. The topological polar surface area (TPSA) is 37.4 Å². The molecule has 3 nitrogen and oxygen atoms in total. The van der Waals surface area contributed by atoms with Crippen molar-refractivity contribution in [2.45, 2.75) is 37.2 Å². The van der Waals surface area contributed by atoms with Crippen LogP contribution in [0.15, 0.2) is 32.3 Å². The molecular formula is C13H15BrClNO2S3. The Morgan fingerprint density at radius 3 is 2.57 bits per heavy atom. The predicted octanol–water partition coefficient (Wildman–Crippen LogP) is 4.91. The molecule has 2 heterocycles. The van der Waals surface area contributed by atoms with Crippen LogP contribution in [-0.2, 0) is 22.4 Å². The molecule has 116 valence electrons. The maximum absolute atomic E-state index is 12.9. The average molecular weight is 429 g/mol. The summed E-state index contributed by atoms with van der Waals surface area (Å²) in [6, 6.07) is 5.41. The molecule has 0 aliphatic rings. The van der Waals surface area contributed by atoms with Crippen LogP contribution >= 0.6 is 50.2 Å². The van der Waals surface area contributed by atoms with Gasteiger partial charge in [0.05, 0.1) is 9.67 Å². The van der Waals surface area contributed by atoms with Crippen LogP contribution in [-0.4, -0.2) is 18.8 Å². The quantitative estimate of drug-likeness (QED) is 0.613. The van der Waals surface area contributed by atoms with E-state index >= 15 is 0 Å². The highest BCUT2D eigenvalue weighted by Crippen LogP contribution is 2.35. The Hall–Kier alpha value is 0.0800. The van der Waals surface area contributed by atoms with Crippen molar-refractivity contribution in [2.75, 3.05) is 0 Å². The Labute approximate surface area is 146 Å². The average Bonchev–Trinajstić information content (AvgIpc) is 3.04. The third-order valence-corrected chi connectivity index (χ3v) is 8.47. The van der Waals surface area contributed by atoms with E-state index in [1.165, 1.54) is 15.6 Å². The maximum Gasteiger partial charge on any atom is 0.245 e. The molecule has 2 aromatic heterocycles. The molecule has 0 aliphatic carbocycles. The Morgan fingerprint density at radius 1 is 1.38 bits per heavy atom. The van der Waals surface area contributed by atoms with Crippen molar-refractivity contribution in [3.8, 4) is 0 Å². The summed E-state index contributed by atoms with van der Waals surface area (Å²) in [6.45, 7) is 4.15. The number of hydrogen-bond acceptors (Lipinski definition) is 4. The maximum atomic E-state index is 12.9. The van der Waals surface area contributed by atoms with E-state index in [-0.39, 0.29) is 6.04 Å². The SMILES string of the molecule is CC(C)N(Cc1cccs1)S(=O)(=O)c1cc(CCl)sc1Br. The zero-order valence-electron chi connectivity index (χ0n) is 11.5. The van der Waals surface area contributed by atoms with Crippen LogP contribution in [0.5, 0.6) is 0 Å².